The van der Waals surface area contributed by atoms with Crippen molar-refractivity contribution < 1.29 is 0 Å². The van der Waals surface area contributed by atoms with E-state index in [2.05, 4.69) is 120 Å². The van der Waals surface area contributed by atoms with Crippen molar-refractivity contribution in [3.63, 3.8) is 0 Å². The number of rotatable bonds is 23. The lowest BCUT2D eigenvalue weighted by molar-refractivity contribution is 0.215. The van der Waals surface area contributed by atoms with Gasteiger partial charge in [-0.2, -0.15) is 0 Å². The molecule has 2 heteroatoms. The Balaban J connectivity index is 1.47. The Morgan fingerprint density at radius 3 is 1.29 bits per heavy atom. The molecule has 4 N–H and O–H groups in total. The average molecular weight is 755 g/mol. The van der Waals surface area contributed by atoms with Crippen molar-refractivity contribution in [1.29, 1.82) is 0 Å². The monoisotopic (exact) mass is 755 g/mol. The van der Waals surface area contributed by atoms with Gasteiger partial charge >= 0.3 is 0 Å². The fourth-order valence-electron chi connectivity index (χ4n) is 10.2. The molecule has 0 spiro atoms. The number of hydrogen-bond acceptors (Lipinski definition) is 2. The summed E-state index contributed by atoms with van der Waals surface area (Å²) in [6.45, 7) is 11.5. The SMILES string of the molecule is CCCCCCC(c1ccc(C(CCC(CCCC)C2CCCCC2)c2ccc(C(CCCCCC)c3ccc(N)cc3C)cc2)cc1)c1ccc(N)cc1C. The molecular formula is C54H78N2. The minimum absolute atomic E-state index is 0.397. The van der Waals surface area contributed by atoms with Gasteiger partial charge < -0.3 is 11.5 Å². The Hall–Kier alpha value is -3.52. The van der Waals surface area contributed by atoms with Crippen molar-refractivity contribution in [3.05, 3.63) is 129 Å². The van der Waals surface area contributed by atoms with Crippen molar-refractivity contribution in [2.24, 2.45) is 11.8 Å². The summed E-state index contributed by atoms with van der Waals surface area (Å²) in [5, 5.41) is 0. The summed E-state index contributed by atoms with van der Waals surface area (Å²) in [4.78, 5) is 0. The van der Waals surface area contributed by atoms with Crippen LogP contribution in [-0.2, 0) is 0 Å². The van der Waals surface area contributed by atoms with Crippen LogP contribution in [0.25, 0.3) is 0 Å². The van der Waals surface area contributed by atoms with E-state index in [-0.39, 0.29) is 0 Å². The maximum atomic E-state index is 6.23. The number of unbranched alkanes of at least 4 members (excludes halogenated alkanes) is 7. The highest BCUT2D eigenvalue weighted by atomic mass is 14.5. The van der Waals surface area contributed by atoms with E-state index in [0.29, 0.717) is 17.8 Å². The van der Waals surface area contributed by atoms with E-state index in [0.717, 1.165) is 23.2 Å². The average Bonchev–Trinajstić information content (AvgIpc) is 3.21. The van der Waals surface area contributed by atoms with Crippen LogP contribution in [-0.4, -0.2) is 0 Å². The van der Waals surface area contributed by atoms with Gasteiger partial charge in [-0.3, -0.25) is 0 Å². The lowest BCUT2D eigenvalue weighted by Gasteiger charge is -2.32. The molecule has 1 saturated carbocycles. The molecule has 1 aliphatic rings. The Morgan fingerprint density at radius 2 is 0.875 bits per heavy atom. The van der Waals surface area contributed by atoms with Crippen LogP contribution in [0.15, 0.2) is 84.9 Å². The lowest BCUT2D eigenvalue weighted by atomic mass is 9.74. The number of benzene rings is 4. The van der Waals surface area contributed by atoms with Gasteiger partial charge in [0, 0.05) is 29.1 Å². The molecule has 0 radical (unpaired) electrons. The maximum absolute atomic E-state index is 6.23. The molecule has 0 aliphatic heterocycles. The van der Waals surface area contributed by atoms with Gasteiger partial charge in [-0.05, 0) is 120 Å². The van der Waals surface area contributed by atoms with Gasteiger partial charge in [0.25, 0.3) is 0 Å². The van der Waals surface area contributed by atoms with Gasteiger partial charge in [0.2, 0.25) is 0 Å². The summed E-state index contributed by atoms with van der Waals surface area (Å²) in [6.07, 6.45) is 26.4. The molecule has 0 saturated heterocycles. The van der Waals surface area contributed by atoms with E-state index < -0.39 is 0 Å². The maximum Gasteiger partial charge on any atom is 0.0316 e. The molecule has 0 amide bonds. The zero-order valence-corrected chi connectivity index (χ0v) is 36.3. The van der Waals surface area contributed by atoms with Crippen molar-refractivity contribution in [3.8, 4) is 0 Å². The van der Waals surface area contributed by atoms with Crippen LogP contribution in [0.4, 0.5) is 11.4 Å². The molecule has 1 fully saturated rings. The quantitative estimate of drug-likeness (QED) is 0.0585. The highest BCUT2D eigenvalue weighted by Crippen LogP contribution is 2.41. The first kappa shape index (κ1) is 43.6. The first-order valence-corrected chi connectivity index (χ1v) is 23.2. The molecule has 2 nitrogen and oxygen atoms in total. The van der Waals surface area contributed by atoms with Gasteiger partial charge in [0.15, 0.2) is 0 Å². The van der Waals surface area contributed by atoms with Gasteiger partial charge in [-0.15, -0.1) is 0 Å². The lowest BCUT2D eigenvalue weighted by Crippen LogP contribution is -2.19. The van der Waals surface area contributed by atoms with Gasteiger partial charge in [0.1, 0.15) is 0 Å². The molecule has 0 heterocycles. The summed E-state index contributed by atoms with van der Waals surface area (Å²) < 4.78 is 0. The smallest absolute Gasteiger partial charge is 0.0316 e. The molecule has 304 valence electrons. The standard InChI is InChI=1S/C54H78N2/c1-6-9-12-17-22-53(50-36-33-48(55)38-40(50)4)46-28-24-44(25-29-46)52(35-32-43(19-11-8-3)42-20-15-14-16-21-42)45-26-30-47(31-27-45)54(23-18-13-10-7-2)51-37-34-49(56)39-41(51)5/h24-31,33-34,36-39,42-43,52-54H,6-23,32,35,55-56H2,1-5H3. The Kier molecular flexibility index (Phi) is 17.9. The van der Waals surface area contributed by atoms with E-state index in [1.807, 2.05) is 0 Å². The molecule has 56 heavy (non-hydrogen) atoms. The van der Waals surface area contributed by atoms with Crippen molar-refractivity contribution in [2.75, 3.05) is 11.5 Å². The van der Waals surface area contributed by atoms with Crippen LogP contribution in [0.5, 0.6) is 0 Å². The second kappa shape index (κ2) is 23.0. The Bertz CT molecular complexity index is 1580. The minimum atomic E-state index is 0.397. The van der Waals surface area contributed by atoms with E-state index in [1.54, 1.807) is 0 Å². The number of hydrogen-bond donors (Lipinski definition) is 2. The van der Waals surface area contributed by atoms with Gasteiger partial charge in [-0.25, -0.2) is 0 Å². The first-order valence-electron chi connectivity index (χ1n) is 23.2. The number of aryl methyl sites for hydroxylation is 2. The van der Waals surface area contributed by atoms with Crippen molar-refractivity contribution in [2.45, 2.75) is 181 Å². The van der Waals surface area contributed by atoms with Gasteiger partial charge in [-0.1, -0.05) is 184 Å². The molecule has 0 aromatic heterocycles. The highest BCUT2D eigenvalue weighted by Gasteiger charge is 2.26. The van der Waals surface area contributed by atoms with Crippen LogP contribution < -0.4 is 11.5 Å². The normalized spacial score (nSPS) is 15.7. The largest absolute Gasteiger partial charge is 0.399 e. The van der Waals surface area contributed by atoms with E-state index in [9.17, 15) is 0 Å². The van der Waals surface area contributed by atoms with Crippen molar-refractivity contribution >= 4 is 11.4 Å². The van der Waals surface area contributed by atoms with Gasteiger partial charge in [0.05, 0.1) is 0 Å². The third kappa shape index (κ3) is 12.5. The number of nitrogen functional groups attached to an aromatic ring is 2. The second-order valence-electron chi connectivity index (χ2n) is 17.8. The molecule has 1 aliphatic carbocycles. The predicted octanol–water partition coefficient (Wildman–Crippen LogP) is 16.0. The Morgan fingerprint density at radius 1 is 0.446 bits per heavy atom. The molecular weight excluding hydrogens is 677 g/mol. The number of anilines is 2. The highest BCUT2D eigenvalue weighted by molar-refractivity contribution is 5.50. The topological polar surface area (TPSA) is 52.0 Å². The summed E-state index contributed by atoms with van der Waals surface area (Å²) in [6, 6.07) is 33.0. The summed E-state index contributed by atoms with van der Waals surface area (Å²) in [5.41, 5.74) is 25.5. The zero-order valence-electron chi connectivity index (χ0n) is 36.3. The van der Waals surface area contributed by atoms with E-state index in [4.69, 9.17) is 11.5 Å². The second-order valence-corrected chi connectivity index (χ2v) is 17.8. The van der Waals surface area contributed by atoms with Crippen LogP contribution in [0.3, 0.4) is 0 Å². The fourth-order valence-corrected chi connectivity index (χ4v) is 10.2. The van der Waals surface area contributed by atoms with Crippen molar-refractivity contribution in [1.82, 2.24) is 0 Å². The summed E-state index contributed by atoms with van der Waals surface area (Å²) >= 11 is 0. The molecule has 3 atom stereocenters. The zero-order chi connectivity index (χ0) is 39.7. The Labute approximate surface area is 343 Å². The summed E-state index contributed by atoms with van der Waals surface area (Å²) in [7, 11) is 0. The fraction of sp³-hybridized carbons (Fsp3) is 0.556. The van der Waals surface area contributed by atoms with Crippen LogP contribution in [0, 0.1) is 25.7 Å². The third-order valence-corrected chi connectivity index (χ3v) is 13.6. The molecule has 4 aromatic rings. The molecule has 4 aromatic carbocycles. The predicted molar refractivity (Wildman–Crippen MR) is 246 cm³/mol. The molecule has 5 rings (SSSR count). The van der Waals surface area contributed by atoms with E-state index in [1.165, 1.54) is 173 Å². The molecule has 3 unspecified atom stereocenters. The minimum Gasteiger partial charge on any atom is -0.399 e. The molecule has 0 bridgehead atoms. The van der Waals surface area contributed by atoms with Crippen LogP contribution in [0.1, 0.15) is 211 Å². The third-order valence-electron chi connectivity index (χ3n) is 13.6. The van der Waals surface area contributed by atoms with E-state index >= 15 is 0 Å². The number of nitrogens with two attached hydrogens (primary N) is 2. The van der Waals surface area contributed by atoms with Crippen LogP contribution in [0.2, 0.25) is 0 Å². The van der Waals surface area contributed by atoms with Crippen LogP contribution >= 0.6 is 0 Å². The summed E-state index contributed by atoms with van der Waals surface area (Å²) in [5.74, 6) is 2.95. The first-order chi connectivity index (χ1) is 27.3.